The van der Waals surface area contributed by atoms with Crippen LogP contribution in [0.25, 0.3) is 0 Å². The van der Waals surface area contributed by atoms with E-state index in [1.54, 1.807) is 16.2 Å². The van der Waals surface area contributed by atoms with Gasteiger partial charge in [-0.3, -0.25) is 4.57 Å². The van der Waals surface area contributed by atoms with Gasteiger partial charge in [0.15, 0.2) is 0 Å². The fourth-order valence-corrected chi connectivity index (χ4v) is 2.44. The summed E-state index contributed by atoms with van der Waals surface area (Å²) in [7, 11) is 1.78. The predicted molar refractivity (Wildman–Crippen MR) is 70.7 cm³/mol. The first-order valence-corrected chi connectivity index (χ1v) is 6.75. The summed E-state index contributed by atoms with van der Waals surface area (Å²) < 4.78 is 8.86. The summed E-state index contributed by atoms with van der Waals surface area (Å²) in [5, 5.41) is 3.55. The van der Waals surface area contributed by atoms with Gasteiger partial charge in [-0.2, -0.15) is 0 Å². The first-order valence-electron chi connectivity index (χ1n) is 6.75. The largest absolute Gasteiger partial charge is 0.381 e. The average molecular weight is 253 g/mol. The van der Waals surface area contributed by atoms with Crippen molar-refractivity contribution in [3.05, 3.63) is 22.9 Å². The Labute approximate surface area is 108 Å². The molecule has 102 valence electrons. The number of nitrogens with one attached hydrogen (secondary N) is 1. The van der Waals surface area contributed by atoms with E-state index in [1.807, 2.05) is 12.4 Å². The standard InChI is InChI=1S/C13H23N3O2/c1-3-5-14-12(11-4-8-18-10-11)9-16-7-6-15(2)13(16)17/h6-7,11-12,14H,3-5,8-10H2,1-2H3. The van der Waals surface area contributed by atoms with Crippen LogP contribution in [0.4, 0.5) is 0 Å². The lowest BCUT2D eigenvalue weighted by atomic mass is 9.99. The molecule has 18 heavy (non-hydrogen) atoms. The summed E-state index contributed by atoms with van der Waals surface area (Å²) in [4.78, 5) is 11.9. The van der Waals surface area contributed by atoms with E-state index in [1.165, 1.54) is 0 Å². The van der Waals surface area contributed by atoms with Gasteiger partial charge in [0.1, 0.15) is 0 Å². The Hall–Kier alpha value is -1.07. The lowest BCUT2D eigenvalue weighted by molar-refractivity contribution is 0.173. The molecule has 2 atom stereocenters. The van der Waals surface area contributed by atoms with Crippen LogP contribution >= 0.6 is 0 Å². The Morgan fingerprint density at radius 1 is 1.56 bits per heavy atom. The summed E-state index contributed by atoms with van der Waals surface area (Å²) in [6.07, 6.45) is 5.86. The van der Waals surface area contributed by atoms with Crippen molar-refractivity contribution in [2.24, 2.45) is 13.0 Å². The van der Waals surface area contributed by atoms with Crippen molar-refractivity contribution < 1.29 is 4.74 Å². The summed E-state index contributed by atoms with van der Waals surface area (Å²) >= 11 is 0. The first-order chi connectivity index (χ1) is 8.72. The minimum atomic E-state index is 0.0530. The molecule has 0 amide bonds. The van der Waals surface area contributed by atoms with Gasteiger partial charge < -0.3 is 14.6 Å². The molecule has 2 heterocycles. The van der Waals surface area contributed by atoms with Crippen molar-refractivity contribution in [2.45, 2.75) is 32.4 Å². The Morgan fingerprint density at radius 2 is 2.39 bits per heavy atom. The molecule has 5 heteroatoms. The van der Waals surface area contributed by atoms with Crippen LogP contribution in [-0.2, 0) is 18.3 Å². The number of rotatable bonds is 6. The van der Waals surface area contributed by atoms with Crippen LogP contribution in [0.2, 0.25) is 0 Å². The molecule has 0 bridgehead atoms. The fraction of sp³-hybridized carbons (Fsp3) is 0.769. The maximum atomic E-state index is 11.9. The molecule has 1 fully saturated rings. The third-order valence-corrected chi connectivity index (χ3v) is 3.60. The van der Waals surface area contributed by atoms with Crippen LogP contribution in [0.15, 0.2) is 17.2 Å². The van der Waals surface area contributed by atoms with E-state index in [0.29, 0.717) is 12.0 Å². The topological polar surface area (TPSA) is 48.2 Å². The van der Waals surface area contributed by atoms with Crippen LogP contribution in [-0.4, -0.2) is 34.9 Å². The van der Waals surface area contributed by atoms with E-state index in [2.05, 4.69) is 12.2 Å². The number of aromatic nitrogens is 2. The van der Waals surface area contributed by atoms with Gasteiger partial charge in [0.05, 0.1) is 6.61 Å². The van der Waals surface area contributed by atoms with Gasteiger partial charge in [-0.15, -0.1) is 0 Å². The van der Waals surface area contributed by atoms with Gasteiger partial charge in [0.25, 0.3) is 0 Å². The minimum Gasteiger partial charge on any atom is -0.381 e. The van der Waals surface area contributed by atoms with Gasteiger partial charge in [0.2, 0.25) is 0 Å². The molecular formula is C13H23N3O2. The number of ether oxygens (including phenoxy) is 1. The molecule has 0 aliphatic carbocycles. The quantitative estimate of drug-likeness (QED) is 0.807. The van der Waals surface area contributed by atoms with Gasteiger partial charge in [-0.25, -0.2) is 4.79 Å². The molecule has 2 rings (SSSR count). The number of hydrogen-bond donors (Lipinski definition) is 1. The number of hydrogen-bond acceptors (Lipinski definition) is 3. The summed E-state index contributed by atoms with van der Waals surface area (Å²) in [5.74, 6) is 0.517. The van der Waals surface area contributed by atoms with Crippen molar-refractivity contribution in [1.82, 2.24) is 14.5 Å². The Kier molecular flexibility index (Phi) is 4.60. The second-order valence-corrected chi connectivity index (χ2v) is 5.03. The lowest BCUT2D eigenvalue weighted by Gasteiger charge is -2.23. The molecule has 5 nitrogen and oxygen atoms in total. The smallest absolute Gasteiger partial charge is 0.327 e. The van der Waals surface area contributed by atoms with Crippen LogP contribution in [0.5, 0.6) is 0 Å². The van der Waals surface area contributed by atoms with E-state index >= 15 is 0 Å². The molecule has 0 radical (unpaired) electrons. The molecule has 1 saturated heterocycles. The molecule has 0 saturated carbocycles. The van der Waals surface area contributed by atoms with E-state index < -0.39 is 0 Å². The van der Waals surface area contributed by atoms with Crippen LogP contribution in [0, 0.1) is 5.92 Å². The van der Waals surface area contributed by atoms with Crippen molar-refractivity contribution in [1.29, 1.82) is 0 Å². The van der Waals surface area contributed by atoms with Gasteiger partial charge in [-0.1, -0.05) is 6.92 Å². The van der Waals surface area contributed by atoms with E-state index in [-0.39, 0.29) is 5.69 Å². The maximum Gasteiger partial charge on any atom is 0.327 e. The highest BCUT2D eigenvalue weighted by Gasteiger charge is 2.25. The number of nitrogens with zero attached hydrogens (tertiary/aromatic N) is 2. The molecule has 0 spiro atoms. The number of aryl methyl sites for hydroxylation is 1. The van der Waals surface area contributed by atoms with Gasteiger partial charge in [-0.05, 0) is 19.4 Å². The number of imidazole rings is 1. The average Bonchev–Trinajstić information content (AvgIpc) is 2.99. The first kappa shape index (κ1) is 13.4. The van der Waals surface area contributed by atoms with Crippen molar-refractivity contribution >= 4 is 0 Å². The molecule has 1 aliphatic rings. The molecule has 1 aromatic heterocycles. The van der Waals surface area contributed by atoms with Crippen molar-refractivity contribution in [3.8, 4) is 0 Å². The predicted octanol–water partition coefficient (Wildman–Crippen LogP) is 0.591. The third kappa shape index (κ3) is 3.03. The van der Waals surface area contributed by atoms with Gasteiger partial charge in [0, 0.05) is 44.6 Å². The highest BCUT2D eigenvalue weighted by atomic mass is 16.5. The molecule has 0 aromatic carbocycles. The minimum absolute atomic E-state index is 0.0530. The maximum absolute atomic E-state index is 11.9. The molecule has 1 aromatic rings. The monoisotopic (exact) mass is 253 g/mol. The van der Waals surface area contributed by atoms with Crippen LogP contribution in [0.1, 0.15) is 19.8 Å². The Morgan fingerprint density at radius 3 is 2.94 bits per heavy atom. The third-order valence-electron chi connectivity index (χ3n) is 3.60. The summed E-state index contributed by atoms with van der Waals surface area (Å²) in [6, 6.07) is 0.326. The lowest BCUT2D eigenvalue weighted by Crippen LogP contribution is -2.42. The summed E-state index contributed by atoms with van der Waals surface area (Å²) in [6.45, 7) is 5.53. The SMILES string of the molecule is CCCNC(Cn1ccn(C)c1=O)C1CCOC1. The van der Waals surface area contributed by atoms with E-state index in [9.17, 15) is 4.79 Å². The molecule has 1 aliphatic heterocycles. The Bertz CT molecular complexity index is 418. The van der Waals surface area contributed by atoms with Gasteiger partial charge >= 0.3 is 5.69 Å². The van der Waals surface area contributed by atoms with Crippen molar-refractivity contribution in [2.75, 3.05) is 19.8 Å². The van der Waals surface area contributed by atoms with Crippen molar-refractivity contribution in [3.63, 3.8) is 0 Å². The highest BCUT2D eigenvalue weighted by Crippen LogP contribution is 2.17. The van der Waals surface area contributed by atoms with E-state index in [4.69, 9.17) is 4.74 Å². The Balaban J connectivity index is 2.04. The fourth-order valence-electron chi connectivity index (χ4n) is 2.44. The normalized spacial score (nSPS) is 21.3. The molecular weight excluding hydrogens is 230 g/mol. The molecule has 1 N–H and O–H groups in total. The summed E-state index contributed by atoms with van der Waals surface area (Å²) in [5.41, 5.74) is 0.0530. The zero-order valence-electron chi connectivity index (χ0n) is 11.3. The second-order valence-electron chi connectivity index (χ2n) is 5.03. The molecule has 2 unspecified atom stereocenters. The second kappa shape index (κ2) is 6.20. The van der Waals surface area contributed by atoms with Crippen LogP contribution in [0.3, 0.4) is 0 Å². The highest BCUT2D eigenvalue weighted by molar-refractivity contribution is 4.85. The zero-order valence-corrected chi connectivity index (χ0v) is 11.3. The van der Waals surface area contributed by atoms with E-state index in [0.717, 1.165) is 39.1 Å². The zero-order chi connectivity index (χ0) is 13.0. The van der Waals surface area contributed by atoms with Crippen LogP contribution < -0.4 is 11.0 Å².